The van der Waals surface area contributed by atoms with Gasteiger partial charge < -0.3 is 20.4 Å². The molecule has 1 aliphatic carbocycles. The molecule has 1 heterocycles. The molecule has 1 aromatic heterocycles. The van der Waals surface area contributed by atoms with Crippen molar-refractivity contribution in [3.63, 3.8) is 0 Å². The van der Waals surface area contributed by atoms with Crippen LogP contribution in [0.25, 0.3) is 11.3 Å². The number of benzene rings is 1. The zero-order chi connectivity index (χ0) is 23.0. The molecule has 0 saturated heterocycles. The highest BCUT2D eigenvalue weighted by Crippen LogP contribution is 2.32. The SMILES string of the molecule is CC(C)Cc1[nH]c(N(CCC=O)CCC(N)=O)nc1-c1ccc(Cl)c(Cl)c1.CC1CC1. The molecule has 0 aliphatic heterocycles. The average Bonchev–Trinajstić information content (AvgIpc) is 3.38. The predicted octanol–water partition coefficient (Wildman–Crippen LogP) is 5.27. The molecule has 170 valence electrons. The van der Waals surface area contributed by atoms with Gasteiger partial charge in [-0.15, -0.1) is 0 Å². The fourth-order valence-corrected chi connectivity index (χ4v) is 3.23. The van der Waals surface area contributed by atoms with Crippen molar-refractivity contribution >= 4 is 41.3 Å². The number of aromatic nitrogens is 2. The van der Waals surface area contributed by atoms with Crippen LogP contribution in [0.1, 0.15) is 52.1 Å². The number of hydrogen-bond donors (Lipinski definition) is 2. The van der Waals surface area contributed by atoms with Crippen LogP contribution in [0.2, 0.25) is 10.0 Å². The van der Waals surface area contributed by atoms with Gasteiger partial charge in [0, 0.05) is 37.2 Å². The Morgan fingerprint density at radius 2 is 1.97 bits per heavy atom. The topological polar surface area (TPSA) is 92.1 Å². The summed E-state index contributed by atoms with van der Waals surface area (Å²) in [5, 5.41) is 0.941. The van der Waals surface area contributed by atoms with Crippen molar-refractivity contribution in [2.75, 3.05) is 18.0 Å². The first-order valence-electron chi connectivity index (χ1n) is 10.7. The molecule has 1 aliphatic rings. The molecule has 0 radical (unpaired) electrons. The Kier molecular flexibility index (Phi) is 9.85. The van der Waals surface area contributed by atoms with E-state index in [4.69, 9.17) is 33.9 Å². The van der Waals surface area contributed by atoms with Crippen molar-refractivity contribution in [1.29, 1.82) is 0 Å². The number of aldehydes is 1. The van der Waals surface area contributed by atoms with Crippen LogP contribution in [-0.2, 0) is 16.0 Å². The molecule has 0 unspecified atom stereocenters. The Morgan fingerprint density at radius 3 is 2.48 bits per heavy atom. The summed E-state index contributed by atoms with van der Waals surface area (Å²) in [6.45, 7) is 7.36. The summed E-state index contributed by atoms with van der Waals surface area (Å²) in [5.74, 6) is 1.70. The van der Waals surface area contributed by atoms with Crippen LogP contribution in [0, 0.1) is 11.8 Å². The van der Waals surface area contributed by atoms with Crippen molar-refractivity contribution in [2.45, 2.75) is 52.9 Å². The van der Waals surface area contributed by atoms with Gasteiger partial charge in [-0.2, -0.15) is 0 Å². The van der Waals surface area contributed by atoms with Gasteiger partial charge in [0.25, 0.3) is 0 Å². The lowest BCUT2D eigenvalue weighted by molar-refractivity contribution is -0.117. The molecule has 1 fully saturated rings. The van der Waals surface area contributed by atoms with E-state index in [1.165, 1.54) is 12.8 Å². The van der Waals surface area contributed by atoms with E-state index >= 15 is 0 Å². The molecule has 0 atom stereocenters. The number of carbonyl (C=O) groups is 2. The summed E-state index contributed by atoms with van der Waals surface area (Å²) in [6.07, 6.45) is 5.12. The lowest BCUT2D eigenvalue weighted by atomic mass is 10.0. The number of imidazole rings is 1. The smallest absolute Gasteiger partial charge is 0.219 e. The van der Waals surface area contributed by atoms with Gasteiger partial charge in [-0.25, -0.2) is 4.98 Å². The molecule has 0 bridgehead atoms. The Balaban J connectivity index is 0.000000762. The molecular formula is C23H32Cl2N4O2. The van der Waals surface area contributed by atoms with Crippen molar-refractivity contribution in [3.05, 3.63) is 33.9 Å². The van der Waals surface area contributed by atoms with Crippen molar-refractivity contribution < 1.29 is 9.59 Å². The molecule has 6 nitrogen and oxygen atoms in total. The number of halogens is 2. The van der Waals surface area contributed by atoms with Crippen LogP contribution in [-0.4, -0.2) is 35.3 Å². The Hall–Kier alpha value is -2.05. The quantitative estimate of drug-likeness (QED) is 0.466. The van der Waals surface area contributed by atoms with Gasteiger partial charge in [-0.05, 0) is 30.4 Å². The molecule has 31 heavy (non-hydrogen) atoms. The van der Waals surface area contributed by atoms with Gasteiger partial charge in [-0.3, -0.25) is 4.79 Å². The number of nitrogens with one attached hydrogen (secondary N) is 1. The van der Waals surface area contributed by atoms with Crippen LogP contribution >= 0.6 is 23.2 Å². The normalized spacial score (nSPS) is 13.0. The Labute approximate surface area is 194 Å². The molecule has 1 amide bonds. The number of aromatic amines is 1. The lowest BCUT2D eigenvalue weighted by Gasteiger charge is -2.20. The monoisotopic (exact) mass is 466 g/mol. The van der Waals surface area contributed by atoms with Gasteiger partial charge in [0.1, 0.15) is 6.29 Å². The van der Waals surface area contributed by atoms with Gasteiger partial charge >= 0.3 is 0 Å². The first-order chi connectivity index (χ1) is 14.7. The van der Waals surface area contributed by atoms with Crippen LogP contribution < -0.4 is 10.6 Å². The van der Waals surface area contributed by atoms with E-state index in [1.54, 1.807) is 12.1 Å². The van der Waals surface area contributed by atoms with Crippen LogP contribution in [0.3, 0.4) is 0 Å². The third-order valence-corrected chi connectivity index (χ3v) is 5.62. The first kappa shape index (κ1) is 25.2. The van der Waals surface area contributed by atoms with Gasteiger partial charge in [0.15, 0.2) is 0 Å². The summed E-state index contributed by atoms with van der Waals surface area (Å²) in [4.78, 5) is 31.9. The standard InChI is InChI=1S/C19H24Cl2N4O2.C4H8/c1-12(2)10-16-18(13-4-5-14(20)15(21)11-13)24-19(23-16)25(7-3-9-26)8-6-17(22)27;1-4-2-3-4/h4-5,9,11-12H,3,6-8,10H2,1-2H3,(H2,22,27)(H,23,24);4H,2-3H2,1H3. The van der Waals surface area contributed by atoms with E-state index in [-0.39, 0.29) is 6.42 Å². The maximum atomic E-state index is 11.2. The number of rotatable bonds is 10. The molecular weight excluding hydrogens is 435 g/mol. The lowest BCUT2D eigenvalue weighted by Crippen LogP contribution is -2.30. The predicted molar refractivity (Wildman–Crippen MR) is 128 cm³/mol. The molecule has 3 rings (SSSR count). The minimum Gasteiger partial charge on any atom is -0.370 e. The van der Waals surface area contributed by atoms with E-state index in [9.17, 15) is 9.59 Å². The minimum absolute atomic E-state index is 0.182. The maximum absolute atomic E-state index is 11.2. The minimum atomic E-state index is -0.398. The summed E-state index contributed by atoms with van der Waals surface area (Å²) >= 11 is 12.2. The number of anilines is 1. The second-order valence-corrected chi connectivity index (χ2v) is 9.27. The number of nitrogens with zero attached hydrogens (tertiary/aromatic N) is 2. The number of nitrogens with two attached hydrogens (primary N) is 1. The molecule has 8 heteroatoms. The summed E-state index contributed by atoms with van der Waals surface area (Å²) < 4.78 is 0. The van der Waals surface area contributed by atoms with Crippen LogP contribution in [0.15, 0.2) is 18.2 Å². The Morgan fingerprint density at radius 1 is 1.29 bits per heavy atom. The number of amides is 1. The number of primary amides is 1. The van der Waals surface area contributed by atoms with E-state index in [0.29, 0.717) is 41.4 Å². The van der Waals surface area contributed by atoms with Crippen LogP contribution in [0.4, 0.5) is 5.95 Å². The van der Waals surface area contributed by atoms with E-state index in [2.05, 4.69) is 25.8 Å². The fraction of sp³-hybridized carbons (Fsp3) is 0.522. The first-order valence-corrected chi connectivity index (χ1v) is 11.5. The molecule has 1 saturated carbocycles. The summed E-state index contributed by atoms with van der Waals surface area (Å²) in [5.41, 5.74) is 7.88. The van der Waals surface area contributed by atoms with Crippen molar-refractivity contribution in [1.82, 2.24) is 9.97 Å². The highest BCUT2D eigenvalue weighted by atomic mass is 35.5. The fourth-order valence-electron chi connectivity index (χ4n) is 2.93. The third kappa shape index (κ3) is 8.54. The van der Waals surface area contributed by atoms with E-state index in [1.807, 2.05) is 11.0 Å². The average molecular weight is 467 g/mol. The molecule has 3 N–H and O–H groups in total. The Bertz CT molecular complexity index is 878. The van der Waals surface area contributed by atoms with Gasteiger partial charge in [0.2, 0.25) is 11.9 Å². The van der Waals surface area contributed by atoms with Gasteiger partial charge in [-0.1, -0.05) is 62.9 Å². The zero-order valence-corrected chi connectivity index (χ0v) is 20.0. The van der Waals surface area contributed by atoms with E-state index < -0.39 is 5.91 Å². The largest absolute Gasteiger partial charge is 0.370 e. The van der Waals surface area contributed by atoms with E-state index in [0.717, 1.165) is 35.6 Å². The third-order valence-electron chi connectivity index (χ3n) is 4.88. The highest BCUT2D eigenvalue weighted by molar-refractivity contribution is 6.42. The zero-order valence-electron chi connectivity index (χ0n) is 18.5. The number of H-pyrrole nitrogens is 1. The molecule has 2 aromatic rings. The summed E-state index contributed by atoms with van der Waals surface area (Å²) in [6, 6.07) is 5.40. The van der Waals surface area contributed by atoms with Gasteiger partial charge in [0.05, 0.1) is 15.7 Å². The van der Waals surface area contributed by atoms with Crippen molar-refractivity contribution in [3.8, 4) is 11.3 Å². The second-order valence-electron chi connectivity index (χ2n) is 8.46. The number of hydrogen-bond acceptors (Lipinski definition) is 4. The maximum Gasteiger partial charge on any atom is 0.219 e. The molecule has 0 spiro atoms. The van der Waals surface area contributed by atoms with Crippen LogP contribution in [0.5, 0.6) is 0 Å². The second kappa shape index (κ2) is 12.1. The van der Waals surface area contributed by atoms with Crippen molar-refractivity contribution in [2.24, 2.45) is 17.6 Å². The number of carbonyl (C=O) groups excluding carboxylic acids is 2. The highest BCUT2D eigenvalue weighted by Gasteiger charge is 2.18. The summed E-state index contributed by atoms with van der Waals surface area (Å²) in [7, 11) is 0. The molecule has 1 aromatic carbocycles.